The molecule has 2 heterocycles. The largest absolute Gasteiger partial charge is 0.361 e. The molecule has 5 heteroatoms. The van der Waals surface area contributed by atoms with Crippen LogP contribution >= 0.6 is 0 Å². The second kappa shape index (κ2) is 5.89. The van der Waals surface area contributed by atoms with Crippen molar-refractivity contribution in [2.75, 3.05) is 6.54 Å². The van der Waals surface area contributed by atoms with E-state index in [1.807, 2.05) is 52.0 Å². The van der Waals surface area contributed by atoms with Gasteiger partial charge in [-0.3, -0.25) is 14.5 Å². The maximum absolute atomic E-state index is 12.9. The number of hydrogen-bond acceptors (Lipinski definition) is 4. The van der Waals surface area contributed by atoms with Crippen molar-refractivity contribution in [2.24, 2.45) is 0 Å². The van der Waals surface area contributed by atoms with Gasteiger partial charge in [-0.1, -0.05) is 35.0 Å². The molecule has 1 aromatic heterocycles. The van der Waals surface area contributed by atoms with Crippen LogP contribution in [-0.4, -0.2) is 28.4 Å². The number of carbonyl (C=O) groups is 2. The minimum Gasteiger partial charge on any atom is -0.361 e. The van der Waals surface area contributed by atoms with Gasteiger partial charge in [0.2, 0.25) is 11.8 Å². The molecule has 1 saturated heterocycles. The summed E-state index contributed by atoms with van der Waals surface area (Å²) in [5, 5.41) is 3.92. The minimum atomic E-state index is -0.774. The number of carbonyl (C=O) groups excluding carboxylic acids is 2. The summed E-state index contributed by atoms with van der Waals surface area (Å²) in [5.41, 5.74) is 3.04. The molecule has 5 nitrogen and oxygen atoms in total. The first-order valence-corrected chi connectivity index (χ1v) is 8.16. The molecule has 24 heavy (non-hydrogen) atoms. The molecule has 126 valence electrons. The fourth-order valence-electron chi connectivity index (χ4n) is 3.34. The SMILES string of the molecule is Cc1ccc(C2(C)CC(=O)N(CCc3c(C)noc3C)C2=O)cc1. The van der Waals surface area contributed by atoms with Crippen molar-refractivity contribution in [1.82, 2.24) is 10.1 Å². The van der Waals surface area contributed by atoms with Crippen molar-refractivity contribution in [3.05, 3.63) is 52.4 Å². The summed E-state index contributed by atoms with van der Waals surface area (Å²) in [6.45, 7) is 7.94. The van der Waals surface area contributed by atoms with Crippen LogP contribution in [0.5, 0.6) is 0 Å². The molecular weight excluding hydrogens is 304 g/mol. The van der Waals surface area contributed by atoms with Crippen LogP contribution in [0.2, 0.25) is 0 Å². The van der Waals surface area contributed by atoms with Gasteiger partial charge in [0, 0.05) is 18.5 Å². The number of aromatic nitrogens is 1. The van der Waals surface area contributed by atoms with E-state index in [4.69, 9.17) is 4.52 Å². The van der Waals surface area contributed by atoms with Gasteiger partial charge in [0.15, 0.2) is 0 Å². The number of likely N-dealkylation sites (tertiary alicyclic amines) is 1. The molecule has 1 aliphatic heterocycles. The fraction of sp³-hybridized carbons (Fsp3) is 0.421. The van der Waals surface area contributed by atoms with Crippen LogP contribution in [0, 0.1) is 20.8 Å². The summed E-state index contributed by atoms with van der Waals surface area (Å²) in [7, 11) is 0. The molecular formula is C19H22N2O3. The number of imide groups is 1. The Bertz CT molecular complexity index is 772. The van der Waals surface area contributed by atoms with Crippen molar-refractivity contribution >= 4 is 11.8 Å². The molecule has 1 aliphatic rings. The average Bonchev–Trinajstić information content (AvgIpc) is 2.97. The van der Waals surface area contributed by atoms with Gasteiger partial charge in [0.1, 0.15) is 5.76 Å². The first-order chi connectivity index (χ1) is 11.3. The van der Waals surface area contributed by atoms with Crippen molar-refractivity contribution in [3.8, 4) is 0 Å². The lowest BCUT2D eigenvalue weighted by atomic mass is 9.81. The number of aryl methyl sites for hydroxylation is 3. The maximum atomic E-state index is 12.9. The number of benzene rings is 1. The summed E-state index contributed by atoms with van der Waals surface area (Å²) >= 11 is 0. The van der Waals surface area contributed by atoms with Crippen molar-refractivity contribution in [1.29, 1.82) is 0 Å². The smallest absolute Gasteiger partial charge is 0.240 e. The van der Waals surface area contributed by atoms with E-state index in [9.17, 15) is 9.59 Å². The van der Waals surface area contributed by atoms with Crippen LogP contribution in [0.25, 0.3) is 0 Å². The Morgan fingerprint density at radius 2 is 1.83 bits per heavy atom. The van der Waals surface area contributed by atoms with Gasteiger partial charge < -0.3 is 4.52 Å². The van der Waals surface area contributed by atoms with E-state index in [2.05, 4.69) is 5.16 Å². The molecule has 1 atom stereocenters. The van der Waals surface area contributed by atoms with Crippen LogP contribution < -0.4 is 0 Å². The number of rotatable bonds is 4. The summed E-state index contributed by atoms with van der Waals surface area (Å²) in [5.74, 6) is 0.505. The van der Waals surface area contributed by atoms with Gasteiger partial charge >= 0.3 is 0 Å². The first kappa shape index (κ1) is 16.4. The van der Waals surface area contributed by atoms with Gasteiger partial charge in [-0.25, -0.2) is 0 Å². The molecule has 0 bridgehead atoms. The predicted octanol–water partition coefficient (Wildman–Crippen LogP) is 2.86. The highest BCUT2D eigenvalue weighted by molar-refractivity contribution is 6.08. The first-order valence-electron chi connectivity index (χ1n) is 8.16. The van der Waals surface area contributed by atoms with Crippen LogP contribution in [0.4, 0.5) is 0 Å². The normalized spacial score (nSPS) is 20.9. The van der Waals surface area contributed by atoms with Crippen molar-refractivity contribution in [2.45, 2.75) is 46.0 Å². The number of nitrogens with zero attached hydrogens (tertiary/aromatic N) is 2. The Morgan fingerprint density at radius 1 is 1.17 bits per heavy atom. The van der Waals surface area contributed by atoms with Gasteiger partial charge in [-0.05, 0) is 39.7 Å². The summed E-state index contributed by atoms with van der Waals surface area (Å²) in [4.78, 5) is 26.7. The standard InChI is InChI=1S/C19H22N2O3/c1-12-5-7-15(8-6-12)19(4)11-17(22)21(18(19)23)10-9-16-13(2)20-24-14(16)3/h5-8H,9-11H2,1-4H3. The highest BCUT2D eigenvalue weighted by atomic mass is 16.5. The Kier molecular flexibility index (Phi) is 4.03. The van der Waals surface area contributed by atoms with Crippen LogP contribution in [0.15, 0.2) is 28.8 Å². The van der Waals surface area contributed by atoms with Gasteiger partial charge in [-0.15, -0.1) is 0 Å². The monoisotopic (exact) mass is 326 g/mol. The number of hydrogen-bond donors (Lipinski definition) is 0. The molecule has 2 aromatic rings. The molecule has 2 amide bonds. The minimum absolute atomic E-state index is 0.116. The van der Waals surface area contributed by atoms with E-state index in [0.717, 1.165) is 28.1 Å². The quantitative estimate of drug-likeness (QED) is 0.811. The Morgan fingerprint density at radius 3 is 2.42 bits per heavy atom. The second-order valence-corrected chi connectivity index (χ2v) is 6.78. The van der Waals surface area contributed by atoms with E-state index in [-0.39, 0.29) is 18.2 Å². The third-order valence-electron chi connectivity index (χ3n) is 4.98. The van der Waals surface area contributed by atoms with Crippen molar-refractivity contribution in [3.63, 3.8) is 0 Å². The maximum Gasteiger partial charge on any atom is 0.240 e. The lowest BCUT2D eigenvalue weighted by molar-refractivity contribution is -0.139. The molecule has 1 aromatic carbocycles. The van der Waals surface area contributed by atoms with E-state index in [0.29, 0.717) is 13.0 Å². The third kappa shape index (κ3) is 2.64. The molecule has 0 spiro atoms. The zero-order valence-corrected chi connectivity index (χ0v) is 14.5. The average molecular weight is 326 g/mol. The molecule has 1 fully saturated rings. The zero-order valence-electron chi connectivity index (χ0n) is 14.5. The van der Waals surface area contributed by atoms with E-state index in [1.54, 1.807) is 0 Å². The molecule has 1 unspecified atom stereocenters. The third-order valence-corrected chi connectivity index (χ3v) is 4.98. The number of amides is 2. The van der Waals surface area contributed by atoms with Crippen LogP contribution in [0.3, 0.4) is 0 Å². The Labute approximate surface area is 141 Å². The topological polar surface area (TPSA) is 63.4 Å². The van der Waals surface area contributed by atoms with E-state index in [1.165, 1.54) is 4.90 Å². The molecule has 0 N–H and O–H groups in total. The highest BCUT2D eigenvalue weighted by Gasteiger charge is 2.49. The Balaban J connectivity index is 1.80. The molecule has 0 saturated carbocycles. The summed E-state index contributed by atoms with van der Waals surface area (Å²) in [6, 6.07) is 7.84. The fourth-order valence-corrected chi connectivity index (χ4v) is 3.34. The Hall–Kier alpha value is -2.43. The van der Waals surface area contributed by atoms with Gasteiger partial charge in [0.05, 0.1) is 11.1 Å². The predicted molar refractivity (Wildman–Crippen MR) is 89.5 cm³/mol. The van der Waals surface area contributed by atoms with Crippen molar-refractivity contribution < 1.29 is 14.1 Å². The zero-order chi connectivity index (χ0) is 17.5. The van der Waals surface area contributed by atoms with E-state index < -0.39 is 5.41 Å². The summed E-state index contributed by atoms with van der Waals surface area (Å²) in [6.07, 6.45) is 0.791. The lowest BCUT2D eigenvalue weighted by Gasteiger charge is -2.23. The highest BCUT2D eigenvalue weighted by Crippen LogP contribution is 2.36. The van der Waals surface area contributed by atoms with Gasteiger partial charge in [-0.2, -0.15) is 0 Å². The summed E-state index contributed by atoms with van der Waals surface area (Å²) < 4.78 is 5.15. The molecule has 3 rings (SSSR count). The van der Waals surface area contributed by atoms with Gasteiger partial charge in [0.25, 0.3) is 0 Å². The lowest BCUT2D eigenvalue weighted by Crippen LogP contribution is -2.37. The van der Waals surface area contributed by atoms with Crippen LogP contribution in [-0.2, 0) is 21.4 Å². The molecule has 0 radical (unpaired) electrons. The van der Waals surface area contributed by atoms with Crippen LogP contribution in [0.1, 0.15) is 41.5 Å². The van der Waals surface area contributed by atoms with E-state index >= 15 is 0 Å². The molecule has 0 aliphatic carbocycles. The second-order valence-electron chi connectivity index (χ2n) is 6.78.